The molecule has 1 unspecified atom stereocenters. The van der Waals surface area contributed by atoms with Crippen molar-refractivity contribution in [3.05, 3.63) is 53.6 Å². The van der Waals surface area contributed by atoms with Crippen molar-refractivity contribution in [2.24, 2.45) is 0 Å². The molecule has 33 heavy (non-hydrogen) atoms. The summed E-state index contributed by atoms with van der Waals surface area (Å²) in [6.07, 6.45) is 0.418. The highest BCUT2D eigenvalue weighted by atomic mass is 32.2. The van der Waals surface area contributed by atoms with Crippen LogP contribution in [-0.2, 0) is 26.6 Å². The van der Waals surface area contributed by atoms with Crippen molar-refractivity contribution in [1.29, 1.82) is 0 Å². The molecule has 0 saturated carbocycles. The number of carbonyl (C=O) groups is 1. The van der Waals surface area contributed by atoms with E-state index < -0.39 is 9.84 Å². The summed E-state index contributed by atoms with van der Waals surface area (Å²) in [5.41, 5.74) is 2.02. The zero-order valence-electron chi connectivity index (χ0n) is 20.0. The van der Waals surface area contributed by atoms with Gasteiger partial charge in [-0.1, -0.05) is 39.0 Å². The van der Waals surface area contributed by atoms with E-state index in [9.17, 15) is 13.2 Å². The molecule has 1 aliphatic heterocycles. The number of ether oxygens (including phenoxy) is 3. The van der Waals surface area contributed by atoms with Gasteiger partial charge in [-0.15, -0.1) is 0 Å². The van der Waals surface area contributed by atoms with Crippen LogP contribution in [0.3, 0.4) is 0 Å². The number of methoxy groups -OCH3 is 2. The molecule has 1 saturated heterocycles. The minimum atomic E-state index is -3.16. The number of sulfone groups is 1. The van der Waals surface area contributed by atoms with Crippen molar-refractivity contribution in [2.45, 2.75) is 45.2 Å². The number of nitrogens with zero attached hydrogens (tertiary/aromatic N) is 1. The maximum atomic E-state index is 13.2. The van der Waals surface area contributed by atoms with Gasteiger partial charge in [-0.2, -0.15) is 0 Å². The quantitative estimate of drug-likeness (QED) is 0.580. The second kappa shape index (κ2) is 10.0. The zero-order chi connectivity index (χ0) is 24.2. The van der Waals surface area contributed by atoms with Gasteiger partial charge in [0.25, 0.3) is 5.91 Å². The van der Waals surface area contributed by atoms with Gasteiger partial charge in [0.15, 0.2) is 27.9 Å². The summed E-state index contributed by atoms with van der Waals surface area (Å²) in [4.78, 5) is 14.8. The Balaban J connectivity index is 1.76. The lowest BCUT2D eigenvalue weighted by atomic mass is 9.87. The molecule has 180 valence electrons. The topological polar surface area (TPSA) is 82.1 Å². The Bertz CT molecular complexity index is 1070. The van der Waals surface area contributed by atoms with Gasteiger partial charge in [0, 0.05) is 12.6 Å². The molecule has 1 fully saturated rings. The number of carbonyl (C=O) groups excluding carboxylic acids is 1. The van der Waals surface area contributed by atoms with Crippen LogP contribution in [0.25, 0.3) is 0 Å². The van der Waals surface area contributed by atoms with Gasteiger partial charge < -0.3 is 19.1 Å². The molecule has 0 radical (unpaired) electrons. The summed E-state index contributed by atoms with van der Waals surface area (Å²) >= 11 is 0. The lowest BCUT2D eigenvalue weighted by Crippen LogP contribution is -2.43. The van der Waals surface area contributed by atoms with Gasteiger partial charge in [0.1, 0.15) is 5.75 Å². The molecule has 3 rings (SSSR count). The first kappa shape index (κ1) is 24.9. The van der Waals surface area contributed by atoms with Crippen molar-refractivity contribution < 1.29 is 27.4 Å². The smallest absolute Gasteiger partial charge is 0.261 e. The Morgan fingerprint density at radius 3 is 2.24 bits per heavy atom. The van der Waals surface area contributed by atoms with E-state index in [2.05, 4.69) is 20.8 Å². The lowest BCUT2D eigenvalue weighted by molar-refractivity contribution is -0.136. The van der Waals surface area contributed by atoms with Crippen LogP contribution >= 0.6 is 0 Å². The van der Waals surface area contributed by atoms with Gasteiger partial charge in [0.05, 0.1) is 25.7 Å². The zero-order valence-corrected chi connectivity index (χ0v) is 20.8. The number of hydrogen-bond donors (Lipinski definition) is 0. The Hall–Kier alpha value is -2.74. The van der Waals surface area contributed by atoms with E-state index in [1.807, 2.05) is 30.3 Å². The average Bonchev–Trinajstić information content (AvgIpc) is 3.14. The van der Waals surface area contributed by atoms with E-state index in [1.54, 1.807) is 31.3 Å². The van der Waals surface area contributed by atoms with Crippen LogP contribution in [0, 0.1) is 0 Å². The van der Waals surface area contributed by atoms with Crippen molar-refractivity contribution in [3.8, 4) is 17.2 Å². The molecule has 0 bridgehead atoms. The van der Waals surface area contributed by atoms with Crippen LogP contribution in [0.1, 0.15) is 38.3 Å². The fourth-order valence-electron chi connectivity index (χ4n) is 3.90. The fourth-order valence-corrected chi connectivity index (χ4v) is 5.63. The first-order valence-corrected chi connectivity index (χ1v) is 12.8. The highest BCUT2D eigenvalue weighted by Crippen LogP contribution is 2.29. The normalized spacial score (nSPS) is 17.4. The largest absolute Gasteiger partial charge is 0.493 e. The second-order valence-corrected chi connectivity index (χ2v) is 11.6. The number of amides is 1. The molecule has 0 spiro atoms. The molecular weight excluding hydrogens is 442 g/mol. The molecule has 1 atom stereocenters. The van der Waals surface area contributed by atoms with Crippen molar-refractivity contribution in [1.82, 2.24) is 4.90 Å². The molecule has 0 aliphatic carbocycles. The minimum absolute atomic E-state index is 0.0263. The molecule has 0 N–H and O–H groups in total. The van der Waals surface area contributed by atoms with E-state index in [4.69, 9.17) is 14.2 Å². The van der Waals surface area contributed by atoms with Crippen molar-refractivity contribution >= 4 is 15.7 Å². The predicted molar refractivity (Wildman–Crippen MR) is 128 cm³/mol. The first-order chi connectivity index (χ1) is 15.5. The standard InChI is InChI=1S/C25H33NO6S/c1-25(2,3)19-7-9-21(10-8-19)32-16-24(27)26(20-12-13-33(28,29)17-20)15-18-6-11-22(30-4)23(14-18)31-5/h6-11,14,20H,12-13,15-17H2,1-5H3. The van der Waals surface area contributed by atoms with Gasteiger partial charge in [-0.25, -0.2) is 8.42 Å². The molecule has 0 aromatic heterocycles. The molecular formula is C25H33NO6S. The Kier molecular flexibility index (Phi) is 7.57. The molecule has 8 heteroatoms. The summed E-state index contributed by atoms with van der Waals surface area (Å²) in [6, 6.07) is 12.7. The Morgan fingerprint density at radius 2 is 1.70 bits per heavy atom. The van der Waals surface area contributed by atoms with E-state index in [0.717, 1.165) is 5.56 Å². The van der Waals surface area contributed by atoms with Crippen LogP contribution in [-0.4, -0.2) is 57.6 Å². The van der Waals surface area contributed by atoms with Crippen LogP contribution in [0.4, 0.5) is 0 Å². The molecule has 1 heterocycles. The second-order valence-electron chi connectivity index (χ2n) is 9.33. The van der Waals surface area contributed by atoms with Crippen molar-refractivity contribution in [2.75, 3.05) is 32.3 Å². The van der Waals surface area contributed by atoms with E-state index in [1.165, 1.54) is 5.56 Å². The van der Waals surface area contributed by atoms with Gasteiger partial charge >= 0.3 is 0 Å². The monoisotopic (exact) mass is 475 g/mol. The summed E-state index contributed by atoms with van der Waals surface area (Å²) in [6.45, 7) is 6.49. The maximum absolute atomic E-state index is 13.2. The summed E-state index contributed by atoms with van der Waals surface area (Å²) < 4.78 is 40.6. The molecule has 1 amide bonds. The molecule has 7 nitrogen and oxygen atoms in total. The lowest BCUT2D eigenvalue weighted by Gasteiger charge is -2.28. The van der Waals surface area contributed by atoms with Crippen LogP contribution in [0.15, 0.2) is 42.5 Å². The third-order valence-electron chi connectivity index (χ3n) is 5.85. The predicted octanol–water partition coefficient (Wildman–Crippen LogP) is 3.60. The summed E-state index contributed by atoms with van der Waals surface area (Å²) in [5, 5.41) is 0. The third-order valence-corrected chi connectivity index (χ3v) is 7.60. The number of rotatable bonds is 8. The third kappa shape index (κ3) is 6.41. The van der Waals surface area contributed by atoms with Gasteiger partial charge in [-0.3, -0.25) is 4.79 Å². The maximum Gasteiger partial charge on any atom is 0.261 e. The van der Waals surface area contributed by atoms with E-state index >= 15 is 0 Å². The highest BCUT2D eigenvalue weighted by Gasteiger charge is 2.35. The van der Waals surface area contributed by atoms with Crippen LogP contribution in [0.2, 0.25) is 0 Å². The van der Waals surface area contributed by atoms with E-state index in [0.29, 0.717) is 23.7 Å². The van der Waals surface area contributed by atoms with Crippen LogP contribution in [0.5, 0.6) is 17.2 Å². The first-order valence-electron chi connectivity index (χ1n) is 11.0. The molecule has 2 aromatic rings. The Labute approximate surface area is 196 Å². The summed E-state index contributed by atoms with van der Waals surface area (Å²) in [5.74, 6) is 1.53. The Morgan fingerprint density at radius 1 is 1.03 bits per heavy atom. The SMILES string of the molecule is COc1ccc(CN(C(=O)COc2ccc(C(C)(C)C)cc2)C2CCS(=O)(=O)C2)cc1OC. The van der Waals surface area contributed by atoms with Crippen LogP contribution < -0.4 is 14.2 Å². The number of hydrogen-bond acceptors (Lipinski definition) is 6. The fraction of sp³-hybridized carbons (Fsp3) is 0.480. The average molecular weight is 476 g/mol. The van der Waals surface area contributed by atoms with Crippen molar-refractivity contribution in [3.63, 3.8) is 0 Å². The van der Waals surface area contributed by atoms with Gasteiger partial charge in [-0.05, 0) is 47.2 Å². The highest BCUT2D eigenvalue weighted by molar-refractivity contribution is 7.91. The molecule has 2 aromatic carbocycles. The minimum Gasteiger partial charge on any atom is -0.493 e. The number of benzene rings is 2. The summed E-state index contributed by atoms with van der Waals surface area (Å²) in [7, 11) is -0.0489. The van der Waals surface area contributed by atoms with E-state index in [-0.39, 0.29) is 42.0 Å². The molecule has 1 aliphatic rings. The van der Waals surface area contributed by atoms with Gasteiger partial charge in [0.2, 0.25) is 0 Å².